The molecular formula is C9H16N2O2. The second-order valence-electron chi connectivity index (χ2n) is 4.29. The number of nitrogens with two attached hydrogens (primary N) is 1. The minimum Gasteiger partial charge on any atom is -0.380 e. The summed E-state index contributed by atoms with van der Waals surface area (Å²) in [6.45, 7) is 5.54. The number of carbonyl (C=O) groups excluding carboxylic acids is 1. The fraction of sp³-hybridized carbons (Fsp3) is 0.889. The molecule has 0 bridgehead atoms. The van der Waals surface area contributed by atoms with E-state index in [4.69, 9.17) is 10.5 Å². The Hall–Kier alpha value is -0.610. The van der Waals surface area contributed by atoms with Crippen molar-refractivity contribution in [2.45, 2.75) is 19.4 Å². The van der Waals surface area contributed by atoms with E-state index < -0.39 is 0 Å². The Morgan fingerprint density at radius 2 is 2.31 bits per heavy atom. The van der Waals surface area contributed by atoms with Crippen molar-refractivity contribution in [2.24, 2.45) is 11.1 Å². The minimum absolute atomic E-state index is 0.125. The van der Waals surface area contributed by atoms with Gasteiger partial charge in [0.15, 0.2) is 0 Å². The van der Waals surface area contributed by atoms with Crippen LogP contribution in [0.2, 0.25) is 0 Å². The number of carbonyl (C=O) groups is 1. The van der Waals surface area contributed by atoms with E-state index in [1.807, 2.05) is 6.92 Å². The number of nitrogens with zero attached hydrogens (tertiary/aromatic N) is 1. The van der Waals surface area contributed by atoms with Crippen molar-refractivity contribution in [1.82, 2.24) is 4.90 Å². The van der Waals surface area contributed by atoms with Crippen molar-refractivity contribution in [3.63, 3.8) is 0 Å². The number of amides is 1. The van der Waals surface area contributed by atoms with Crippen LogP contribution >= 0.6 is 0 Å². The molecule has 2 fully saturated rings. The van der Waals surface area contributed by atoms with Crippen molar-refractivity contribution < 1.29 is 9.53 Å². The SMILES string of the molecule is CC(C(N)=O)N1CCC2(COC2)C1. The molecule has 2 N–H and O–H groups in total. The number of hydrogen-bond acceptors (Lipinski definition) is 3. The van der Waals surface area contributed by atoms with E-state index in [1.165, 1.54) is 0 Å². The van der Waals surface area contributed by atoms with E-state index in [1.54, 1.807) is 0 Å². The highest BCUT2D eigenvalue weighted by molar-refractivity contribution is 5.79. The van der Waals surface area contributed by atoms with E-state index >= 15 is 0 Å². The van der Waals surface area contributed by atoms with Crippen molar-refractivity contribution >= 4 is 5.91 Å². The second kappa shape index (κ2) is 2.96. The Morgan fingerprint density at radius 3 is 2.69 bits per heavy atom. The average molecular weight is 184 g/mol. The fourth-order valence-electron chi connectivity index (χ4n) is 2.11. The molecule has 13 heavy (non-hydrogen) atoms. The lowest BCUT2D eigenvalue weighted by Crippen LogP contribution is -2.48. The first kappa shape index (κ1) is 8.97. The van der Waals surface area contributed by atoms with Crippen molar-refractivity contribution in [2.75, 3.05) is 26.3 Å². The number of rotatable bonds is 2. The zero-order chi connectivity index (χ0) is 9.47. The Bertz CT molecular complexity index is 226. The van der Waals surface area contributed by atoms with E-state index in [0.29, 0.717) is 5.41 Å². The second-order valence-corrected chi connectivity index (χ2v) is 4.29. The van der Waals surface area contributed by atoms with Gasteiger partial charge in [0.1, 0.15) is 0 Å². The molecule has 1 spiro atoms. The summed E-state index contributed by atoms with van der Waals surface area (Å²) in [6.07, 6.45) is 1.14. The first-order valence-corrected chi connectivity index (χ1v) is 4.74. The molecule has 0 saturated carbocycles. The molecule has 74 valence electrons. The van der Waals surface area contributed by atoms with Gasteiger partial charge in [0, 0.05) is 12.0 Å². The van der Waals surface area contributed by atoms with Crippen molar-refractivity contribution in [3.8, 4) is 0 Å². The average Bonchev–Trinajstić information content (AvgIpc) is 2.45. The van der Waals surface area contributed by atoms with Crippen LogP contribution in [-0.4, -0.2) is 43.2 Å². The largest absolute Gasteiger partial charge is 0.380 e. The molecule has 0 aromatic carbocycles. The minimum atomic E-state index is -0.225. The van der Waals surface area contributed by atoms with Gasteiger partial charge in [-0.25, -0.2) is 0 Å². The van der Waals surface area contributed by atoms with Gasteiger partial charge < -0.3 is 10.5 Å². The molecule has 4 heteroatoms. The maximum Gasteiger partial charge on any atom is 0.234 e. The summed E-state index contributed by atoms with van der Waals surface area (Å²) in [5.74, 6) is -0.225. The third kappa shape index (κ3) is 1.44. The summed E-state index contributed by atoms with van der Waals surface area (Å²) >= 11 is 0. The third-order valence-electron chi connectivity index (χ3n) is 3.24. The van der Waals surface area contributed by atoms with Gasteiger partial charge >= 0.3 is 0 Å². The topological polar surface area (TPSA) is 55.6 Å². The van der Waals surface area contributed by atoms with Gasteiger partial charge in [0.05, 0.1) is 19.3 Å². The quantitative estimate of drug-likeness (QED) is 0.634. The Morgan fingerprint density at radius 1 is 1.62 bits per heavy atom. The number of hydrogen-bond donors (Lipinski definition) is 1. The monoisotopic (exact) mass is 184 g/mol. The highest BCUT2D eigenvalue weighted by atomic mass is 16.5. The van der Waals surface area contributed by atoms with Crippen LogP contribution in [-0.2, 0) is 9.53 Å². The fourth-order valence-corrected chi connectivity index (χ4v) is 2.11. The lowest BCUT2D eigenvalue weighted by molar-refractivity contribution is -0.124. The molecule has 1 unspecified atom stereocenters. The smallest absolute Gasteiger partial charge is 0.234 e. The summed E-state index contributed by atoms with van der Waals surface area (Å²) < 4.78 is 5.21. The first-order chi connectivity index (χ1) is 6.13. The van der Waals surface area contributed by atoms with Gasteiger partial charge in [-0.1, -0.05) is 0 Å². The van der Waals surface area contributed by atoms with Crippen LogP contribution < -0.4 is 5.73 Å². The van der Waals surface area contributed by atoms with Crippen LogP contribution in [0.15, 0.2) is 0 Å². The molecule has 2 saturated heterocycles. The summed E-state index contributed by atoms with van der Waals surface area (Å²) in [5, 5.41) is 0. The van der Waals surface area contributed by atoms with E-state index in [-0.39, 0.29) is 11.9 Å². The van der Waals surface area contributed by atoms with E-state index in [2.05, 4.69) is 4.90 Å². The summed E-state index contributed by atoms with van der Waals surface area (Å²) in [7, 11) is 0. The van der Waals surface area contributed by atoms with Crippen LogP contribution in [0.25, 0.3) is 0 Å². The van der Waals surface area contributed by atoms with Crippen LogP contribution in [0.5, 0.6) is 0 Å². The Balaban J connectivity index is 1.94. The molecule has 4 nitrogen and oxygen atoms in total. The molecule has 0 aromatic rings. The highest BCUT2D eigenvalue weighted by Gasteiger charge is 2.45. The van der Waals surface area contributed by atoms with Gasteiger partial charge in [-0.2, -0.15) is 0 Å². The van der Waals surface area contributed by atoms with Crippen LogP contribution in [0.4, 0.5) is 0 Å². The van der Waals surface area contributed by atoms with Crippen LogP contribution in [0, 0.1) is 5.41 Å². The molecule has 1 atom stereocenters. The first-order valence-electron chi connectivity index (χ1n) is 4.74. The highest BCUT2D eigenvalue weighted by Crippen LogP contribution is 2.37. The molecular weight excluding hydrogens is 168 g/mol. The van der Waals surface area contributed by atoms with Crippen LogP contribution in [0.1, 0.15) is 13.3 Å². The summed E-state index contributed by atoms with van der Waals surface area (Å²) in [5.41, 5.74) is 5.60. The standard InChI is InChI=1S/C9H16N2O2/c1-7(8(10)12)11-3-2-9(4-11)5-13-6-9/h7H,2-6H2,1H3,(H2,10,12). The van der Waals surface area contributed by atoms with Gasteiger partial charge in [-0.15, -0.1) is 0 Å². The maximum absolute atomic E-state index is 11.0. The number of ether oxygens (including phenoxy) is 1. The molecule has 0 aromatic heterocycles. The van der Waals surface area contributed by atoms with E-state index in [0.717, 1.165) is 32.7 Å². The third-order valence-corrected chi connectivity index (χ3v) is 3.24. The number of likely N-dealkylation sites (tertiary alicyclic amines) is 1. The number of primary amides is 1. The predicted octanol–water partition coefficient (Wildman–Crippen LogP) is -0.417. The lowest BCUT2D eigenvalue weighted by atomic mass is 9.85. The summed E-state index contributed by atoms with van der Waals surface area (Å²) in [6, 6.07) is -0.125. The Labute approximate surface area is 78.0 Å². The Kier molecular flexibility index (Phi) is 2.04. The molecule has 0 radical (unpaired) electrons. The molecule has 0 aliphatic carbocycles. The van der Waals surface area contributed by atoms with Gasteiger partial charge in [-0.05, 0) is 19.9 Å². The predicted molar refractivity (Wildman–Crippen MR) is 48.1 cm³/mol. The molecule has 2 heterocycles. The molecule has 2 aliphatic rings. The van der Waals surface area contributed by atoms with E-state index in [9.17, 15) is 4.79 Å². The van der Waals surface area contributed by atoms with Gasteiger partial charge in [-0.3, -0.25) is 9.69 Å². The van der Waals surface area contributed by atoms with Gasteiger partial charge in [0.25, 0.3) is 0 Å². The molecule has 2 rings (SSSR count). The molecule has 1 amide bonds. The zero-order valence-corrected chi connectivity index (χ0v) is 7.95. The summed E-state index contributed by atoms with van der Waals surface area (Å²) in [4.78, 5) is 13.1. The van der Waals surface area contributed by atoms with Crippen molar-refractivity contribution in [3.05, 3.63) is 0 Å². The van der Waals surface area contributed by atoms with Crippen molar-refractivity contribution in [1.29, 1.82) is 0 Å². The zero-order valence-electron chi connectivity index (χ0n) is 7.95. The van der Waals surface area contributed by atoms with Crippen LogP contribution in [0.3, 0.4) is 0 Å². The normalized spacial score (nSPS) is 28.7. The maximum atomic E-state index is 11.0. The lowest BCUT2D eigenvalue weighted by Gasteiger charge is -2.38. The van der Waals surface area contributed by atoms with Gasteiger partial charge in [0.2, 0.25) is 5.91 Å². The molecule has 2 aliphatic heterocycles.